The summed E-state index contributed by atoms with van der Waals surface area (Å²) in [6.07, 6.45) is 2.49. The Morgan fingerprint density at radius 1 is 1.35 bits per heavy atom. The predicted octanol–water partition coefficient (Wildman–Crippen LogP) is 3.05. The fraction of sp³-hybridized carbons (Fsp3) is 0.533. The SMILES string of the molecule is CCC(=O)OCC1(C)Cc2ccc(C)cc2C1. The minimum atomic E-state index is -0.0987. The van der Waals surface area contributed by atoms with E-state index in [1.165, 1.54) is 16.7 Å². The van der Waals surface area contributed by atoms with E-state index < -0.39 is 0 Å². The van der Waals surface area contributed by atoms with Crippen molar-refractivity contribution in [3.05, 3.63) is 34.9 Å². The largest absolute Gasteiger partial charge is 0.465 e. The molecule has 1 aliphatic carbocycles. The van der Waals surface area contributed by atoms with Crippen molar-refractivity contribution in [3.63, 3.8) is 0 Å². The van der Waals surface area contributed by atoms with E-state index in [-0.39, 0.29) is 11.4 Å². The Morgan fingerprint density at radius 2 is 2.06 bits per heavy atom. The molecule has 1 aliphatic rings. The Hall–Kier alpha value is -1.31. The third-order valence-electron chi connectivity index (χ3n) is 3.47. The molecule has 0 N–H and O–H groups in total. The number of esters is 1. The number of fused-ring (bicyclic) bond motifs is 1. The molecule has 1 atom stereocenters. The van der Waals surface area contributed by atoms with Gasteiger partial charge in [0.1, 0.15) is 0 Å². The average molecular weight is 232 g/mol. The second kappa shape index (κ2) is 4.52. The smallest absolute Gasteiger partial charge is 0.305 e. The zero-order chi connectivity index (χ0) is 12.5. The average Bonchev–Trinajstić information content (AvgIpc) is 2.62. The summed E-state index contributed by atoms with van der Waals surface area (Å²) in [5.41, 5.74) is 4.21. The Balaban J connectivity index is 2.05. The van der Waals surface area contributed by atoms with Gasteiger partial charge in [0.2, 0.25) is 0 Å². The molecule has 2 rings (SSSR count). The third-order valence-corrected chi connectivity index (χ3v) is 3.47. The number of hydrogen-bond donors (Lipinski definition) is 0. The minimum Gasteiger partial charge on any atom is -0.465 e. The van der Waals surface area contributed by atoms with Crippen molar-refractivity contribution in [1.29, 1.82) is 0 Å². The highest BCUT2D eigenvalue weighted by Crippen LogP contribution is 2.37. The van der Waals surface area contributed by atoms with Gasteiger partial charge in [0, 0.05) is 11.8 Å². The van der Waals surface area contributed by atoms with E-state index in [0.29, 0.717) is 13.0 Å². The number of aryl methyl sites for hydroxylation is 1. The van der Waals surface area contributed by atoms with Gasteiger partial charge < -0.3 is 4.74 Å². The summed E-state index contributed by atoms with van der Waals surface area (Å²) in [4.78, 5) is 11.2. The van der Waals surface area contributed by atoms with Crippen LogP contribution >= 0.6 is 0 Å². The lowest BCUT2D eigenvalue weighted by atomic mass is 9.88. The maximum atomic E-state index is 11.2. The van der Waals surface area contributed by atoms with Gasteiger partial charge >= 0.3 is 5.97 Å². The van der Waals surface area contributed by atoms with Crippen LogP contribution in [0.2, 0.25) is 0 Å². The van der Waals surface area contributed by atoms with E-state index in [1.807, 2.05) is 6.92 Å². The molecule has 0 bridgehead atoms. The van der Waals surface area contributed by atoms with E-state index in [4.69, 9.17) is 4.74 Å². The van der Waals surface area contributed by atoms with Gasteiger partial charge in [-0.25, -0.2) is 0 Å². The van der Waals surface area contributed by atoms with Crippen molar-refractivity contribution in [2.45, 2.75) is 40.0 Å². The standard InChI is InChI=1S/C15H20O2/c1-4-14(16)17-10-15(3)8-12-6-5-11(2)7-13(12)9-15/h5-7H,4,8-10H2,1-3H3. The topological polar surface area (TPSA) is 26.3 Å². The molecule has 0 radical (unpaired) electrons. The number of carbonyl (C=O) groups is 1. The van der Waals surface area contributed by atoms with Crippen LogP contribution in [-0.4, -0.2) is 12.6 Å². The minimum absolute atomic E-state index is 0.0843. The number of hydrogen-bond acceptors (Lipinski definition) is 2. The van der Waals surface area contributed by atoms with E-state index in [0.717, 1.165) is 12.8 Å². The highest BCUT2D eigenvalue weighted by Gasteiger charge is 2.33. The predicted molar refractivity (Wildman–Crippen MR) is 67.9 cm³/mol. The summed E-state index contributed by atoms with van der Waals surface area (Å²) in [7, 11) is 0. The molecule has 1 aromatic rings. The van der Waals surface area contributed by atoms with E-state index in [9.17, 15) is 4.79 Å². The van der Waals surface area contributed by atoms with Crippen LogP contribution in [0.15, 0.2) is 18.2 Å². The highest BCUT2D eigenvalue weighted by atomic mass is 16.5. The molecule has 0 amide bonds. The van der Waals surface area contributed by atoms with Gasteiger partial charge in [-0.3, -0.25) is 4.79 Å². The van der Waals surface area contributed by atoms with Gasteiger partial charge in [0.25, 0.3) is 0 Å². The van der Waals surface area contributed by atoms with Crippen LogP contribution in [0.25, 0.3) is 0 Å². The molecule has 92 valence electrons. The first-order valence-electron chi connectivity index (χ1n) is 6.26. The monoisotopic (exact) mass is 232 g/mol. The second-order valence-electron chi connectivity index (χ2n) is 5.45. The fourth-order valence-electron chi connectivity index (χ4n) is 2.53. The summed E-state index contributed by atoms with van der Waals surface area (Å²) in [5.74, 6) is -0.0987. The molecule has 0 saturated heterocycles. The molecule has 0 aromatic heterocycles. The van der Waals surface area contributed by atoms with E-state index in [1.54, 1.807) is 0 Å². The quantitative estimate of drug-likeness (QED) is 0.749. The van der Waals surface area contributed by atoms with Crippen molar-refractivity contribution in [2.75, 3.05) is 6.61 Å². The summed E-state index contributed by atoms with van der Waals surface area (Å²) >= 11 is 0. The summed E-state index contributed by atoms with van der Waals surface area (Å²) in [6.45, 7) is 6.68. The van der Waals surface area contributed by atoms with Gasteiger partial charge in [-0.2, -0.15) is 0 Å². The number of carbonyl (C=O) groups excluding carboxylic acids is 1. The van der Waals surface area contributed by atoms with Crippen LogP contribution in [0.4, 0.5) is 0 Å². The van der Waals surface area contributed by atoms with Gasteiger partial charge in [-0.15, -0.1) is 0 Å². The zero-order valence-corrected chi connectivity index (χ0v) is 10.9. The molecule has 1 unspecified atom stereocenters. The van der Waals surface area contributed by atoms with Crippen molar-refractivity contribution in [3.8, 4) is 0 Å². The van der Waals surface area contributed by atoms with Crippen molar-refractivity contribution in [1.82, 2.24) is 0 Å². The van der Waals surface area contributed by atoms with Crippen LogP contribution in [0.5, 0.6) is 0 Å². The van der Waals surface area contributed by atoms with Crippen LogP contribution in [-0.2, 0) is 22.4 Å². The van der Waals surface area contributed by atoms with Crippen LogP contribution in [0.1, 0.15) is 37.0 Å². The Labute approximate surface area is 103 Å². The summed E-state index contributed by atoms with van der Waals surface area (Å²) < 4.78 is 5.30. The third kappa shape index (κ3) is 2.68. The van der Waals surface area contributed by atoms with Gasteiger partial charge in [-0.05, 0) is 30.9 Å². The molecule has 2 nitrogen and oxygen atoms in total. The molecule has 0 aliphatic heterocycles. The van der Waals surface area contributed by atoms with Gasteiger partial charge in [0.05, 0.1) is 6.61 Å². The second-order valence-corrected chi connectivity index (χ2v) is 5.45. The lowest BCUT2D eigenvalue weighted by molar-refractivity contribution is -0.146. The first-order chi connectivity index (χ1) is 8.02. The number of rotatable bonds is 3. The maximum absolute atomic E-state index is 11.2. The van der Waals surface area contributed by atoms with Crippen molar-refractivity contribution in [2.24, 2.45) is 5.41 Å². The number of ether oxygens (including phenoxy) is 1. The van der Waals surface area contributed by atoms with Crippen LogP contribution in [0.3, 0.4) is 0 Å². The van der Waals surface area contributed by atoms with Crippen molar-refractivity contribution >= 4 is 5.97 Å². The molecule has 0 saturated carbocycles. The van der Waals surface area contributed by atoms with Crippen LogP contribution < -0.4 is 0 Å². The van der Waals surface area contributed by atoms with E-state index in [2.05, 4.69) is 32.0 Å². The first-order valence-corrected chi connectivity index (χ1v) is 6.26. The van der Waals surface area contributed by atoms with Gasteiger partial charge in [-0.1, -0.05) is 37.6 Å². The molecule has 2 heteroatoms. The maximum Gasteiger partial charge on any atom is 0.305 e. The normalized spacial score (nSPS) is 22.3. The molecular weight excluding hydrogens is 212 g/mol. The van der Waals surface area contributed by atoms with Gasteiger partial charge in [0.15, 0.2) is 0 Å². The lowest BCUT2D eigenvalue weighted by Gasteiger charge is -2.22. The van der Waals surface area contributed by atoms with Crippen LogP contribution in [0, 0.1) is 12.3 Å². The lowest BCUT2D eigenvalue weighted by Crippen LogP contribution is -2.25. The van der Waals surface area contributed by atoms with Crippen molar-refractivity contribution < 1.29 is 9.53 Å². The highest BCUT2D eigenvalue weighted by molar-refractivity contribution is 5.68. The van der Waals surface area contributed by atoms with E-state index >= 15 is 0 Å². The summed E-state index contributed by atoms with van der Waals surface area (Å²) in [5, 5.41) is 0. The molecule has 1 aromatic carbocycles. The molecule has 0 spiro atoms. The molecule has 0 heterocycles. The molecule has 0 fully saturated rings. The number of benzene rings is 1. The Bertz CT molecular complexity index is 437. The molecule has 17 heavy (non-hydrogen) atoms. The molecular formula is C15H20O2. The summed E-state index contributed by atoms with van der Waals surface area (Å²) in [6, 6.07) is 6.61. The first kappa shape index (κ1) is 12.2. The zero-order valence-electron chi connectivity index (χ0n) is 10.9. The Kier molecular flexibility index (Phi) is 3.23. The Morgan fingerprint density at radius 3 is 2.76 bits per heavy atom. The fourth-order valence-corrected chi connectivity index (χ4v) is 2.53.